The van der Waals surface area contributed by atoms with Crippen molar-refractivity contribution in [3.05, 3.63) is 35.9 Å². The second-order valence-corrected chi connectivity index (χ2v) is 8.72. The van der Waals surface area contributed by atoms with Crippen molar-refractivity contribution in [1.82, 2.24) is 16.0 Å². The van der Waals surface area contributed by atoms with Gasteiger partial charge in [0.1, 0.15) is 12.1 Å². The van der Waals surface area contributed by atoms with E-state index in [1.54, 1.807) is 0 Å². The van der Waals surface area contributed by atoms with E-state index in [1.165, 1.54) is 0 Å². The van der Waals surface area contributed by atoms with Gasteiger partial charge in [-0.2, -0.15) is 0 Å². The van der Waals surface area contributed by atoms with Crippen LogP contribution in [0, 0.1) is 0 Å². The molecule has 0 fully saturated rings. The van der Waals surface area contributed by atoms with E-state index >= 15 is 0 Å². The van der Waals surface area contributed by atoms with Crippen LogP contribution < -0.4 is 38.9 Å². The molecule has 1 rings (SSSR count). The number of carbonyl (C=O) groups excluding carboxylic acids is 3. The standard InChI is InChI=1S/C25H44N8O3/c26-14-6-4-12-20(23(35)30-16-8-9-17-31-25(28)29)33-24(36)21(13-5-7-15-27)32-22(34)18-19-10-2-1-3-11-19/h1-3,10-11,20-21H,4-9,12-18,26-27H2,(H,30,35)(H,32,34)(H,33,36)(H4,28,29,31)/t20-,21-/m0/s1. The summed E-state index contributed by atoms with van der Waals surface area (Å²) in [7, 11) is 0. The first kappa shape index (κ1) is 30.9. The monoisotopic (exact) mass is 504 g/mol. The van der Waals surface area contributed by atoms with Gasteiger partial charge in [0, 0.05) is 13.1 Å². The van der Waals surface area contributed by atoms with Crippen LogP contribution in [0.3, 0.4) is 0 Å². The number of amides is 3. The van der Waals surface area contributed by atoms with Crippen LogP contribution in [-0.4, -0.2) is 61.9 Å². The van der Waals surface area contributed by atoms with Gasteiger partial charge >= 0.3 is 0 Å². The Morgan fingerprint density at radius 3 is 1.97 bits per heavy atom. The summed E-state index contributed by atoms with van der Waals surface area (Å²) in [6.45, 7) is 1.93. The second-order valence-electron chi connectivity index (χ2n) is 8.72. The van der Waals surface area contributed by atoms with Crippen LogP contribution in [0.1, 0.15) is 56.9 Å². The van der Waals surface area contributed by atoms with Crippen molar-refractivity contribution in [2.45, 2.75) is 69.9 Å². The van der Waals surface area contributed by atoms with Gasteiger partial charge in [-0.15, -0.1) is 0 Å². The van der Waals surface area contributed by atoms with E-state index in [0.717, 1.165) is 24.8 Å². The van der Waals surface area contributed by atoms with Crippen LogP contribution in [0.15, 0.2) is 35.3 Å². The number of benzene rings is 1. The molecule has 0 saturated carbocycles. The van der Waals surface area contributed by atoms with E-state index in [-0.39, 0.29) is 30.1 Å². The molecular weight excluding hydrogens is 460 g/mol. The van der Waals surface area contributed by atoms with Crippen molar-refractivity contribution in [2.75, 3.05) is 26.2 Å². The minimum atomic E-state index is -0.753. The highest BCUT2D eigenvalue weighted by Crippen LogP contribution is 2.07. The number of aliphatic imine (C=N–C) groups is 1. The van der Waals surface area contributed by atoms with Crippen LogP contribution >= 0.6 is 0 Å². The summed E-state index contributed by atoms with van der Waals surface area (Å²) in [5.74, 6) is -0.856. The molecule has 0 heterocycles. The molecule has 11 nitrogen and oxygen atoms in total. The van der Waals surface area contributed by atoms with Crippen molar-refractivity contribution >= 4 is 23.7 Å². The molecule has 1 aromatic rings. The molecule has 0 spiro atoms. The Hall–Kier alpha value is -3.18. The number of nitrogens with two attached hydrogens (primary N) is 4. The third-order valence-electron chi connectivity index (χ3n) is 5.56. The molecule has 0 unspecified atom stereocenters. The largest absolute Gasteiger partial charge is 0.370 e. The highest BCUT2D eigenvalue weighted by atomic mass is 16.2. The first-order valence-corrected chi connectivity index (χ1v) is 12.7. The van der Waals surface area contributed by atoms with E-state index in [4.69, 9.17) is 22.9 Å². The van der Waals surface area contributed by atoms with Gasteiger partial charge in [0.25, 0.3) is 0 Å². The van der Waals surface area contributed by atoms with Crippen LogP contribution in [0.4, 0.5) is 0 Å². The zero-order valence-corrected chi connectivity index (χ0v) is 21.2. The molecule has 0 aliphatic heterocycles. The minimum absolute atomic E-state index is 0.0404. The number of rotatable bonds is 19. The summed E-state index contributed by atoms with van der Waals surface area (Å²) >= 11 is 0. The van der Waals surface area contributed by atoms with E-state index in [1.807, 2.05) is 30.3 Å². The van der Waals surface area contributed by atoms with Gasteiger partial charge in [0.2, 0.25) is 17.7 Å². The molecule has 11 heteroatoms. The lowest BCUT2D eigenvalue weighted by Crippen LogP contribution is -2.54. The summed E-state index contributed by atoms with van der Waals surface area (Å²) in [6.07, 6.45) is 5.33. The quantitative estimate of drug-likeness (QED) is 0.0755. The number of hydrogen-bond donors (Lipinski definition) is 7. The molecule has 0 bridgehead atoms. The summed E-state index contributed by atoms with van der Waals surface area (Å²) in [5.41, 5.74) is 22.7. The second kappa shape index (κ2) is 19.1. The SMILES string of the molecule is NCCCC[C@H](NC(=O)Cc1ccccc1)C(=O)N[C@@H](CCCCN)C(=O)NCCCCN=C(N)N. The molecule has 1 aromatic carbocycles. The topological polar surface area (TPSA) is 204 Å². The fourth-order valence-electron chi connectivity index (χ4n) is 3.60. The molecule has 202 valence electrons. The third kappa shape index (κ3) is 14.3. The molecule has 3 amide bonds. The van der Waals surface area contributed by atoms with E-state index < -0.39 is 12.1 Å². The van der Waals surface area contributed by atoms with Crippen LogP contribution in [0.25, 0.3) is 0 Å². The fraction of sp³-hybridized carbons (Fsp3) is 0.600. The molecule has 36 heavy (non-hydrogen) atoms. The average molecular weight is 505 g/mol. The van der Waals surface area contributed by atoms with Crippen LogP contribution in [0.2, 0.25) is 0 Å². The summed E-state index contributed by atoms with van der Waals surface area (Å²) < 4.78 is 0. The molecule has 11 N–H and O–H groups in total. The normalized spacial score (nSPS) is 12.3. The maximum atomic E-state index is 13.2. The summed E-state index contributed by atoms with van der Waals surface area (Å²) in [6, 6.07) is 7.85. The molecule has 0 aliphatic rings. The molecule has 2 atom stereocenters. The highest BCUT2D eigenvalue weighted by Gasteiger charge is 2.26. The highest BCUT2D eigenvalue weighted by molar-refractivity contribution is 5.92. The van der Waals surface area contributed by atoms with Gasteiger partial charge in [-0.25, -0.2) is 0 Å². The van der Waals surface area contributed by atoms with Gasteiger partial charge < -0.3 is 38.9 Å². The first-order chi connectivity index (χ1) is 17.4. The van der Waals surface area contributed by atoms with Gasteiger partial charge in [0.05, 0.1) is 6.42 Å². The number of nitrogens with one attached hydrogen (secondary N) is 3. The van der Waals surface area contributed by atoms with Gasteiger partial charge in [-0.1, -0.05) is 30.3 Å². The molecular formula is C25H44N8O3. The van der Waals surface area contributed by atoms with E-state index in [0.29, 0.717) is 58.3 Å². The molecule has 0 aliphatic carbocycles. The molecule has 0 aromatic heterocycles. The number of nitrogens with zero attached hydrogens (tertiary/aromatic N) is 1. The maximum Gasteiger partial charge on any atom is 0.243 e. The Morgan fingerprint density at radius 1 is 0.778 bits per heavy atom. The minimum Gasteiger partial charge on any atom is -0.370 e. The van der Waals surface area contributed by atoms with Crippen molar-refractivity contribution in [3.8, 4) is 0 Å². The van der Waals surface area contributed by atoms with Crippen LogP contribution in [-0.2, 0) is 20.8 Å². The van der Waals surface area contributed by atoms with Crippen molar-refractivity contribution in [2.24, 2.45) is 27.9 Å². The molecule has 0 saturated heterocycles. The van der Waals surface area contributed by atoms with Crippen LogP contribution in [0.5, 0.6) is 0 Å². The van der Waals surface area contributed by atoms with Crippen molar-refractivity contribution in [3.63, 3.8) is 0 Å². The number of guanidine groups is 1. The Kier molecular flexibility index (Phi) is 16.3. The predicted octanol–water partition coefficient (Wildman–Crippen LogP) is -0.373. The van der Waals surface area contributed by atoms with E-state index in [2.05, 4.69) is 20.9 Å². The number of carbonyl (C=O) groups is 3. The first-order valence-electron chi connectivity index (χ1n) is 12.7. The van der Waals surface area contributed by atoms with Crippen molar-refractivity contribution in [1.29, 1.82) is 0 Å². The van der Waals surface area contributed by atoms with E-state index in [9.17, 15) is 14.4 Å². The lowest BCUT2D eigenvalue weighted by Gasteiger charge is -2.23. The van der Waals surface area contributed by atoms with Gasteiger partial charge in [-0.05, 0) is 70.0 Å². The number of unbranched alkanes of at least 4 members (excludes halogenated alkanes) is 3. The average Bonchev–Trinajstić information content (AvgIpc) is 2.85. The lowest BCUT2D eigenvalue weighted by atomic mass is 10.0. The number of hydrogen-bond acceptors (Lipinski definition) is 6. The fourth-order valence-corrected chi connectivity index (χ4v) is 3.60. The zero-order chi connectivity index (χ0) is 26.6. The summed E-state index contributed by atoms with van der Waals surface area (Å²) in [5, 5.41) is 8.55. The maximum absolute atomic E-state index is 13.2. The Balaban J connectivity index is 2.73. The Labute approximate surface area is 214 Å². The smallest absolute Gasteiger partial charge is 0.243 e. The van der Waals surface area contributed by atoms with Gasteiger partial charge in [0.15, 0.2) is 5.96 Å². The third-order valence-corrected chi connectivity index (χ3v) is 5.56. The zero-order valence-electron chi connectivity index (χ0n) is 21.2. The van der Waals surface area contributed by atoms with Gasteiger partial charge in [-0.3, -0.25) is 19.4 Å². The lowest BCUT2D eigenvalue weighted by molar-refractivity contribution is -0.132. The Bertz CT molecular complexity index is 800. The molecule has 0 radical (unpaired) electrons. The predicted molar refractivity (Wildman–Crippen MR) is 143 cm³/mol. The summed E-state index contributed by atoms with van der Waals surface area (Å²) in [4.78, 5) is 42.5. The Morgan fingerprint density at radius 2 is 1.39 bits per heavy atom. The van der Waals surface area contributed by atoms with Crippen molar-refractivity contribution < 1.29 is 14.4 Å².